The third kappa shape index (κ3) is 2.43. The van der Waals surface area contributed by atoms with Gasteiger partial charge in [-0.25, -0.2) is 4.98 Å². The van der Waals surface area contributed by atoms with E-state index in [4.69, 9.17) is 9.84 Å². The van der Waals surface area contributed by atoms with Crippen LogP contribution in [0, 0.1) is 0 Å². The van der Waals surface area contributed by atoms with Crippen LogP contribution >= 0.6 is 0 Å². The van der Waals surface area contributed by atoms with Crippen molar-refractivity contribution in [2.24, 2.45) is 0 Å². The molecule has 15 heavy (non-hydrogen) atoms. The normalized spacial score (nSPS) is 21.7. The molecule has 2 heterocycles. The third-order valence-corrected chi connectivity index (χ3v) is 2.42. The van der Waals surface area contributed by atoms with Crippen molar-refractivity contribution < 1.29 is 9.84 Å². The Morgan fingerprint density at radius 1 is 1.53 bits per heavy atom. The molecule has 5 nitrogen and oxygen atoms in total. The minimum Gasteiger partial charge on any atom is -0.390 e. The molecule has 0 bridgehead atoms. The molecule has 1 unspecified atom stereocenters. The molecule has 0 spiro atoms. The van der Waals surface area contributed by atoms with E-state index in [0.717, 1.165) is 25.5 Å². The Morgan fingerprint density at radius 3 is 3.00 bits per heavy atom. The van der Waals surface area contributed by atoms with Crippen LogP contribution in [0.25, 0.3) is 0 Å². The van der Waals surface area contributed by atoms with E-state index in [0.29, 0.717) is 5.69 Å². The molecule has 2 rings (SSSR count). The molecule has 1 N–H and O–H groups in total. The Bertz CT molecular complexity index is 315. The van der Waals surface area contributed by atoms with Crippen molar-refractivity contribution in [1.29, 1.82) is 0 Å². The van der Waals surface area contributed by atoms with Gasteiger partial charge in [0.2, 0.25) is 0 Å². The number of aliphatic hydroxyl groups is 1. The topological polar surface area (TPSA) is 58.5 Å². The summed E-state index contributed by atoms with van der Waals surface area (Å²) < 4.78 is 5.44. The minimum absolute atomic E-state index is 0.0627. The van der Waals surface area contributed by atoms with Crippen LogP contribution in [-0.2, 0) is 11.3 Å². The first kappa shape index (κ1) is 10.3. The van der Waals surface area contributed by atoms with Crippen molar-refractivity contribution in [1.82, 2.24) is 9.97 Å². The molecule has 0 amide bonds. The van der Waals surface area contributed by atoms with Crippen LogP contribution in [0.15, 0.2) is 12.4 Å². The molecule has 1 aliphatic heterocycles. The molecular weight excluding hydrogens is 194 g/mol. The van der Waals surface area contributed by atoms with Crippen LogP contribution in [0.5, 0.6) is 0 Å². The zero-order chi connectivity index (χ0) is 10.7. The Balaban J connectivity index is 2.07. The molecule has 0 aliphatic carbocycles. The first-order valence-corrected chi connectivity index (χ1v) is 5.08. The minimum atomic E-state index is -0.0627. The molecule has 82 valence electrons. The fourth-order valence-electron chi connectivity index (χ4n) is 1.62. The number of anilines is 1. The molecule has 1 aliphatic rings. The fraction of sp³-hybridized carbons (Fsp3) is 0.600. The Kier molecular flexibility index (Phi) is 3.13. The highest BCUT2D eigenvalue weighted by molar-refractivity contribution is 5.36. The number of aromatic nitrogens is 2. The fourth-order valence-corrected chi connectivity index (χ4v) is 1.62. The maximum atomic E-state index is 8.84. The van der Waals surface area contributed by atoms with Crippen molar-refractivity contribution in [2.45, 2.75) is 19.6 Å². The van der Waals surface area contributed by atoms with Crippen molar-refractivity contribution in [3.63, 3.8) is 0 Å². The quantitative estimate of drug-likeness (QED) is 0.753. The van der Waals surface area contributed by atoms with Gasteiger partial charge in [-0.2, -0.15) is 0 Å². The van der Waals surface area contributed by atoms with E-state index in [1.54, 1.807) is 12.4 Å². The molecule has 1 aromatic heterocycles. The van der Waals surface area contributed by atoms with Gasteiger partial charge in [0, 0.05) is 13.1 Å². The van der Waals surface area contributed by atoms with Gasteiger partial charge < -0.3 is 14.7 Å². The standard InChI is InChI=1S/C10H15N3O2/c1-8-6-13(2-3-15-8)10-5-11-9(7-14)4-12-10/h4-5,8,14H,2-3,6-7H2,1H3. The molecule has 0 saturated carbocycles. The first-order chi connectivity index (χ1) is 7.29. The lowest BCUT2D eigenvalue weighted by atomic mass is 10.3. The second-order valence-electron chi connectivity index (χ2n) is 3.65. The predicted octanol–water partition coefficient (Wildman–Crippen LogP) is 0.194. The van der Waals surface area contributed by atoms with Crippen LogP contribution < -0.4 is 4.90 Å². The van der Waals surface area contributed by atoms with Crippen molar-refractivity contribution in [2.75, 3.05) is 24.6 Å². The van der Waals surface area contributed by atoms with Gasteiger partial charge in [0.15, 0.2) is 0 Å². The van der Waals surface area contributed by atoms with Gasteiger partial charge in [-0.1, -0.05) is 0 Å². The SMILES string of the molecule is CC1CN(c2cnc(CO)cn2)CCO1. The highest BCUT2D eigenvalue weighted by atomic mass is 16.5. The summed E-state index contributed by atoms with van der Waals surface area (Å²) in [5, 5.41) is 8.84. The lowest BCUT2D eigenvalue weighted by molar-refractivity contribution is 0.0529. The summed E-state index contributed by atoms with van der Waals surface area (Å²) in [6.07, 6.45) is 3.54. The van der Waals surface area contributed by atoms with Crippen LogP contribution in [0.3, 0.4) is 0 Å². The van der Waals surface area contributed by atoms with Gasteiger partial charge in [0.05, 0.1) is 37.4 Å². The molecule has 1 fully saturated rings. The first-order valence-electron chi connectivity index (χ1n) is 5.08. The van der Waals surface area contributed by atoms with E-state index in [-0.39, 0.29) is 12.7 Å². The van der Waals surface area contributed by atoms with Crippen molar-refractivity contribution >= 4 is 5.82 Å². The number of hydrogen-bond donors (Lipinski definition) is 1. The molecular formula is C10H15N3O2. The summed E-state index contributed by atoms with van der Waals surface area (Å²) >= 11 is 0. The zero-order valence-corrected chi connectivity index (χ0v) is 8.76. The summed E-state index contributed by atoms with van der Waals surface area (Å²) in [6, 6.07) is 0. The lowest BCUT2D eigenvalue weighted by Crippen LogP contribution is -2.41. The molecule has 1 atom stereocenters. The maximum absolute atomic E-state index is 8.84. The highest BCUT2D eigenvalue weighted by Crippen LogP contribution is 2.13. The average molecular weight is 209 g/mol. The van der Waals surface area contributed by atoms with Crippen molar-refractivity contribution in [3.8, 4) is 0 Å². The smallest absolute Gasteiger partial charge is 0.147 e. The van der Waals surface area contributed by atoms with E-state index in [9.17, 15) is 0 Å². The molecule has 0 aromatic carbocycles. The third-order valence-electron chi connectivity index (χ3n) is 2.42. The monoisotopic (exact) mass is 209 g/mol. The summed E-state index contributed by atoms with van der Waals surface area (Å²) in [5.74, 6) is 0.849. The highest BCUT2D eigenvalue weighted by Gasteiger charge is 2.17. The van der Waals surface area contributed by atoms with E-state index in [1.165, 1.54) is 0 Å². The van der Waals surface area contributed by atoms with Crippen LogP contribution in [0.1, 0.15) is 12.6 Å². The number of morpholine rings is 1. The lowest BCUT2D eigenvalue weighted by Gasteiger charge is -2.31. The molecule has 0 radical (unpaired) electrons. The summed E-state index contributed by atoms with van der Waals surface area (Å²) in [7, 11) is 0. The summed E-state index contributed by atoms with van der Waals surface area (Å²) in [6.45, 7) is 4.39. The second-order valence-corrected chi connectivity index (χ2v) is 3.65. The van der Waals surface area contributed by atoms with E-state index < -0.39 is 0 Å². The van der Waals surface area contributed by atoms with Crippen LogP contribution in [-0.4, -0.2) is 40.9 Å². The Labute approximate surface area is 88.7 Å². The summed E-state index contributed by atoms with van der Waals surface area (Å²) in [4.78, 5) is 10.5. The van der Waals surface area contributed by atoms with E-state index >= 15 is 0 Å². The number of rotatable bonds is 2. The van der Waals surface area contributed by atoms with Gasteiger partial charge in [-0.15, -0.1) is 0 Å². The Morgan fingerprint density at radius 2 is 2.40 bits per heavy atom. The predicted molar refractivity (Wildman–Crippen MR) is 55.6 cm³/mol. The average Bonchev–Trinajstić information content (AvgIpc) is 2.29. The van der Waals surface area contributed by atoms with Gasteiger partial charge in [0.1, 0.15) is 5.82 Å². The van der Waals surface area contributed by atoms with Gasteiger partial charge in [-0.3, -0.25) is 4.98 Å². The Hall–Kier alpha value is -1.20. The van der Waals surface area contributed by atoms with Gasteiger partial charge in [0.25, 0.3) is 0 Å². The molecule has 1 aromatic rings. The zero-order valence-electron chi connectivity index (χ0n) is 8.76. The number of ether oxygens (including phenoxy) is 1. The molecule has 1 saturated heterocycles. The van der Waals surface area contributed by atoms with Crippen LogP contribution in [0.2, 0.25) is 0 Å². The molecule has 5 heteroatoms. The van der Waals surface area contributed by atoms with E-state index in [1.807, 2.05) is 6.92 Å². The second kappa shape index (κ2) is 4.55. The number of hydrogen-bond acceptors (Lipinski definition) is 5. The number of aliphatic hydroxyl groups excluding tert-OH is 1. The summed E-state index contributed by atoms with van der Waals surface area (Å²) in [5.41, 5.74) is 0.597. The number of nitrogens with zero attached hydrogens (tertiary/aromatic N) is 3. The van der Waals surface area contributed by atoms with Crippen LogP contribution in [0.4, 0.5) is 5.82 Å². The van der Waals surface area contributed by atoms with Gasteiger partial charge >= 0.3 is 0 Å². The maximum Gasteiger partial charge on any atom is 0.147 e. The largest absolute Gasteiger partial charge is 0.390 e. The van der Waals surface area contributed by atoms with E-state index in [2.05, 4.69) is 14.9 Å². The van der Waals surface area contributed by atoms with Crippen molar-refractivity contribution in [3.05, 3.63) is 18.1 Å². The van der Waals surface area contributed by atoms with Gasteiger partial charge in [-0.05, 0) is 6.92 Å².